The van der Waals surface area contributed by atoms with Gasteiger partial charge < -0.3 is 14.7 Å². The molecule has 25 heavy (non-hydrogen) atoms. The Labute approximate surface area is 147 Å². The molecule has 1 saturated carbocycles. The van der Waals surface area contributed by atoms with Crippen molar-refractivity contribution in [2.24, 2.45) is 0 Å². The molecule has 2 aromatic carbocycles. The Hall–Kier alpha value is -2.84. The van der Waals surface area contributed by atoms with Crippen molar-refractivity contribution in [3.05, 3.63) is 59.2 Å². The zero-order valence-corrected chi connectivity index (χ0v) is 14.1. The number of aliphatic hydroxyl groups is 1. The fraction of sp³-hybridized carbons (Fsp3) is 0.300. The molecule has 0 heterocycles. The summed E-state index contributed by atoms with van der Waals surface area (Å²) >= 11 is 0. The SMILES string of the molecule is Cc1cc(C#N)ccc1Oc1ccc(C(=O)N(CCO)C2CC2)cc1. The van der Waals surface area contributed by atoms with E-state index in [1.807, 2.05) is 6.92 Å². The Bertz CT molecular complexity index is 805. The highest BCUT2D eigenvalue weighted by molar-refractivity contribution is 5.94. The molecule has 3 rings (SSSR count). The molecule has 5 nitrogen and oxygen atoms in total. The maximum atomic E-state index is 12.6. The molecule has 2 aromatic rings. The van der Waals surface area contributed by atoms with E-state index in [1.54, 1.807) is 47.4 Å². The Morgan fingerprint density at radius 3 is 2.56 bits per heavy atom. The largest absolute Gasteiger partial charge is 0.457 e. The van der Waals surface area contributed by atoms with Crippen LogP contribution in [0.25, 0.3) is 0 Å². The van der Waals surface area contributed by atoms with Crippen molar-refractivity contribution >= 4 is 5.91 Å². The van der Waals surface area contributed by atoms with Crippen LogP contribution in [0.15, 0.2) is 42.5 Å². The van der Waals surface area contributed by atoms with Crippen LogP contribution in [-0.2, 0) is 0 Å². The summed E-state index contributed by atoms with van der Waals surface area (Å²) < 4.78 is 5.84. The lowest BCUT2D eigenvalue weighted by Gasteiger charge is -2.21. The molecule has 0 unspecified atom stereocenters. The molecule has 1 N–H and O–H groups in total. The van der Waals surface area contributed by atoms with Gasteiger partial charge in [-0.2, -0.15) is 5.26 Å². The van der Waals surface area contributed by atoms with Crippen molar-refractivity contribution in [2.75, 3.05) is 13.2 Å². The summed E-state index contributed by atoms with van der Waals surface area (Å²) in [6.45, 7) is 2.23. The Morgan fingerprint density at radius 2 is 2.00 bits per heavy atom. The van der Waals surface area contributed by atoms with E-state index >= 15 is 0 Å². The second kappa shape index (κ2) is 7.37. The van der Waals surface area contributed by atoms with Crippen LogP contribution < -0.4 is 4.74 Å². The summed E-state index contributed by atoms with van der Waals surface area (Å²) in [5.41, 5.74) is 2.06. The summed E-state index contributed by atoms with van der Waals surface area (Å²) in [5, 5.41) is 18.1. The number of hydrogen-bond acceptors (Lipinski definition) is 4. The van der Waals surface area contributed by atoms with E-state index in [2.05, 4.69) is 6.07 Å². The number of carbonyl (C=O) groups is 1. The third kappa shape index (κ3) is 3.98. The second-order valence-electron chi connectivity index (χ2n) is 6.17. The number of ether oxygens (including phenoxy) is 1. The number of nitriles is 1. The van der Waals surface area contributed by atoms with Crippen LogP contribution >= 0.6 is 0 Å². The fourth-order valence-electron chi connectivity index (χ4n) is 2.74. The quantitative estimate of drug-likeness (QED) is 0.879. The monoisotopic (exact) mass is 336 g/mol. The Morgan fingerprint density at radius 1 is 1.28 bits per heavy atom. The summed E-state index contributed by atoms with van der Waals surface area (Å²) in [6.07, 6.45) is 2.01. The van der Waals surface area contributed by atoms with Gasteiger partial charge in [-0.15, -0.1) is 0 Å². The molecule has 1 aliphatic carbocycles. The lowest BCUT2D eigenvalue weighted by atomic mass is 10.1. The first-order valence-corrected chi connectivity index (χ1v) is 8.33. The molecule has 0 radical (unpaired) electrons. The average Bonchev–Trinajstić information content (AvgIpc) is 3.46. The van der Waals surface area contributed by atoms with E-state index in [1.165, 1.54) is 0 Å². The number of hydrogen-bond donors (Lipinski definition) is 1. The van der Waals surface area contributed by atoms with Crippen LogP contribution in [0.5, 0.6) is 11.5 Å². The van der Waals surface area contributed by atoms with Crippen LogP contribution in [0.4, 0.5) is 0 Å². The standard InChI is InChI=1S/C20H20N2O3/c1-14-12-15(13-21)2-9-19(14)25-18-7-3-16(4-8-18)20(24)22(10-11-23)17-5-6-17/h2-4,7-9,12,17,23H,5-6,10-11H2,1H3. The van der Waals surface area contributed by atoms with Gasteiger partial charge in [0.15, 0.2) is 0 Å². The Kier molecular flexibility index (Phi) is 5.01. The van der Waals surface area contributed by atoms with Crippen molar-refractivity contribution in [1.82, 2.24) is 4.90 Å². The van der Waals surface area contributed by atoms with E-state index in [0.29, 0.717) is 29.2 Å². The van der Waals surface area contributed by atoms with Gasteiger partial charge in [0, 0.05) is 18.2 Å². The normalized spacial score (nSPS) is 13.2. The van der Waals surface area contributed by atoms with E-state index in [-0.39, 0.29) is 18.6 Å². The van der Waals surface area contributed by atoms with Crippen molar-refractivity contribution < 1.29 is 14.6 Å². The molecule has 1 amide bonds. The molecule has 0 aromatic heterocycles. The maximum absolute atomic E-state index is 12.6. The number of nitrogens with zero attached hydrogens (tertiary/aromatic N) is 2. The maximum Gasteiger partial charge on any atom is 0.254 e. The topological polar surface area (TPSA) is 73.6 Å². The minimum Gasteiger partial charge on any atom is -0.457 e. The van der Waals surface area contributed by atoms with E-state index in [9.17, 15) is 4.79 Å². The highest BCUT2D eigenvalue weighted by atomic mass is 16.5. The molecule has 0 bridgehead atoms. The third-order valence-corrected chi connectivity index (χ3v) is 4.22. The number of aryl methyl sites for hydroxylation is 1. The van der Waals surface area contributed by atoms with Crippen LogP contribution in [0.2, 0.25) is 0 Å². The average molecular weight is 336 g/mol. The van der Waals surface area contributed by atoms with E-state index in [4.69, 9.17) is 15.1 Å². The predicted molar refractivity (Wildman–Crippen MR) is 93.6 cm³/mol. The van der Waals surface area contributed by atoms with Gasteiger partial charge in [0.05, 0.1) is 18.2 Å². The first-order chi connectivity index (χ1) is 12.1. The molecule has 0 aliphatic heterocycles. The van der Waals surface area contributed by atoms with Gasteiger partial charge in [-0.1, -0.05) is 0 Å². The summed E-state index contributed by atoms with van der Waals surface area (Å²) in [5.74, 6) is 1.25. The minimum atomic E-state index is -0.0577. The molecule has 0 saturated heterocycles. The molecule has 0 atom stereocenters. The van der Waals surface area contributed by atoms with Gasteiger partial charge in [0.1, 0.15) is 11.5 Å². The number of benzene rings is 2. The van der Waals surface area contributed by atoms with Crippen molar-refractivity contribution in [2.45, 2.75) is 25.8 Å². The lowest BCUT2D eigenvalue weighted by Crippen LogP contribution is -2.35. The van der Waals surface area contributed by atoms with Gasteiger partial charge in [-0.3, -0.25) is 4.79 Å². The summed E-state index contributed by atoms with van der Waals surface area (Å²) in [7, 11) is 0. The van der Waals surface area contributed by atoms with Gasteiger partial charge in [-0.25, -0.2) is 0 Å². The smallest absolute Gasteiger partial charge is 0.254 e. The van der Waals surface area contributed by atoms with Crippen molar-refractivity contribution in [3.63, 3.8) is 0 Å². The van der Waals surface area contributed by atoms with Gasteiger partial charge >= 0.3 is 0 Å². The lowest BCUT2D eigenvalue weighted by molar-refractivity contribution is 0.0707. The molecule has 1 fully saturated rings. The predicted octanol–water partition coefficient (Wildman–Crippen LogP) is 3.26. The fourth-order valence-corrected chi connectivity index (χ4v) is 2.74. The molecule has 1 aliphatic rings. The number of amides is 1. The number of aliphatic hydroxyl groups excluding tert-OH is 1. The van der Waals surface area contributed by atoms with Crippen LogP contribution in [0.1, 0.15) is 34.3 Å². The molecule has 0 spiro atoms. The minimum absolute atomic E-state index is 0.0264. The van der Waals surface area contributed by atoms with E-state index in [0.717, 1.165) is 18.4 Å². The highest BCUT2D eigenvalue weighted by Crippen LogP contribution is 2.29. The molecular formula is C20H20N2O3. The highest BCUT2D eigenvalue weighted by Gasteiger charge is 2.32. The molecular weight excluding hydrogens is 316 g/mol. The van der Waals surface area contributed by atoms with Crippen LogP contribution in [0.3, 0.4) is 0 Å². The molecule has 5 heteroatoms. The third-order valence-electron chi connectivity index (χ3n) is 4.22. The zero-order valence-electron chi connectivity index (χ0n) is 14.1. The van der Waals surface area contributed by atoms with Gasteiger partial charge in [-0.05, 0) is 67.8 Å². The zero-order chi connectivity index (χ0) is 17.8. The van der Waals surface area contributed by atoms with Crippen molar-refractivity contribution in [1.29, 1.82) is 5.26 Å². The van der Waals surface area contributed by atoms with Gasteiger partial charge in [0.25, 0.3) is 5.91 Å². The number of rotatable bonds is 6. The first-order valence-electron chi connectivity index (χ1n) is 8.33. The van der Waals surface area contributed by atoms with Gasteiger partial charge in [0.2, 0.25) is 0 Å². The van der Waals surface area contributed by atoms with E-state index < -0.39 is 0 Å². The van der Waals surface area contributed by atoms with Crippen LogP contribution in [0, 0.1) is 18.3 Å². The molecule has 128 valence electrons. The summed E-state index contributed by atoms with van der Waals surface area (Å²) in [6, 6.07) is 14.6. The first kappa shape index (κ1) is 17.0. The second-order valence-corrected chi connectivity index (χ2v) is 6.17. The number of carbonyl (C=O) groups excluding carboxylic acids is 1. The summed E-state index contributed by atoms with van der Waals surface area (Å²) in [4.78, 5) is 14.3. The van der Waals surface area contributed by atoms with Crippen LogP contribution in [-0.4, -0.2) is 35.1 Å². The Balaban J connectivity index is 1.72. The van der Waals surface area contributed by atoms with Crippen molar-refractivity contribution in [3.8, 4) is 17.6 Å².